The lowest BCUT2D eigenvalue weighted by molar-refractivity contribution is 0.0372. The summed E-state index contributed by atoms with van der Waals surface area (Å²) in [7, 11) is -2.62. The third-order valence-electron chi connectivity index (χ3n) is 1.72. The van der Waals surface area contributed by atoms with E-state index in [4.69, 9.17) is 9.88 Å². The van der Waals surface area contributed by atoms with Gasteiger partial charge in [0, 0.05) is 7.05 Å². The van der Waals surface area contributed by atoms with E-state index in [1.807, 2.05) is 0 Å². The highest BCUT2D eigenvalue weighted by Gasteiger charge is 2.25. The quantitative estimate of drug-likeness (QED) is 0.734. The first-order chi connectivity index (χ1) is 7.23. The summed E-state index contributed by atoms with van der Waals surface area (Å²) in [5.74, 6) is -0.757. The van der Waals surface area contributed by atoms with E-state index in [9.17, 15) is 13.2 Å². The predicted molar refractivity (Wildman–Crippen MR) is 55.1 cm³/mol. The van der Waals surface area contributed by atoms with Crippen molar-refractivity contribution in [3.05, 3.63) is 11.8 Å². The molecule has 1 aromatic rings. The number of esters is 1. The van der Waals surface area contributed by atoms with Crippen LogP contribution in [0.3, 0.4) is 0 Å². The molecule has 0 atom stereocenters. The number of ether oxygens (including phenoxy) is 1. The van der Waals surface area contributed by atoms with Gasteiger partial charge in [0.1, 0.15) is 5.56 Å². The van der Waals surface area contributed by atoms with E-state index in [0.29, 0.717) is 0 Å². The minimum Gasteiger partial charge on any atom is -0.459 e. The van der Waals surface area contributed by atoms with E-state index in [1.54, 1.807) is 13.8 Å². The van der Waals surface area contributed by atoms with Crippen molar-refractivity contribution < 1.29 is 17.9 Å². The van der Waals surface area contributed by atoms with Crippen LogP contribution in [0.15, 0.2) is 11.2 Å². The minimum atomic E-state index is -4.00. The molecule has 0 unspecified atom stereocenters. The fourth-order valence-corrected chi connectivity index (χ4v) is 2.04. The van der Waals surface area contributed by atoms with Crippen molar-refractivity contribution >= 4 is 16.0 Å². The van der Waals surface area contributed by atoms with Crippen LogP contribution in [0, 0.1) is 0 Å². The first-order valence-electron chi connectivity index (χ1n) is 4.49. The Hall–Kier alpha value is -1.41. The highest BCUT2D eigenvalue weighted by atomic mass is 32.2. The number of aromatic nitrogens is 2. The Morgan fingerprint density at radius 2 is 2.12 bits per heavy atom. The summed E-state index contributed by atoms with van der Waals surface area (Å²) in [5.41, 5.74) is -0.154. The first-order valence-corrected chi connectivity index (χ1v) is 6.04. The highest BCUT2D eigenvalue weighted by molar-refractivity contribution is 7.89. The van der Waals surface area contributed by atoms with Crippen molar-refractivity contribution in [2.24, 2.45) is 12.2 Å². The van der Waals surface area contributed by atoms with Crippen molar-refractivity contribution in [2.75, 3.05) is 0 Å². The Morgan fingerprint density at radius 3 is 2.56 bits per heavy atom. The fourth-order valence-electron chi connectivity index (χ4n) is 1.18. The van der Waals surface area contributed by atoms with Crippen LogP contribution in [0.25, 0.3) is 0 Å². The molecule has 7 nitrogen and oxygen atoms in total. The standard InChI is InChI=1S/C8H13N3O4S/c1-5(2)15-8(12)6-4-10-11(3)7(6)16(9,13)14/h4-5H,1-3H3,(H2,9,13,14). The summed E-state index contributed by atoms with van der Waals surface area (Å²) in [6, 6.07) is 0. The average Bonchev–Trinajstić information content (AvgIpc) is 2.44. The van der Waals surface area contributed by atoms with E-state index in [1.165, 1.54) is 7.05 Å². The number of nitrogens with zero attached hydrogens (tertiary/aromatic N) is 2. The van der Waals surface area contributed by atoms with Crippen LogP contribution in [0.1, 0.15) is 24.2 Å². The van der Waals surface area contributed by atoms with Crippen molar-refractivity contribution in [1.82, 2.24) is 9.78 Å². The molecule has 0 aliphatic heterocycles. The number of hydrogen-bond donors (Lipinski definition) is 1. The largest absolute Gasteiger partial charge is 0.459 e. The molecular formula is C8H13N3O4S. The molecule has 90 valence electrons. The van der Waals surface area contributed by atoms with Gasteiger partial charge in [-0.1, -0.05) is 0 Å². The number of nitrogens with two attached hydrogens (primary N) is 1. The molecule has 0 saturated heterocycles. The molecule has 0 aliphatic carbocycles. The first kappa shape index (κ1) is 12.7. The van der Waals surface area contributed by atoms with Gasteiger partial charge in [-0.15, -0.1) is 0 Å². The molecule has 2 N–H and O–H groups in total. The number of aryl methyl sites for hydroxylation is 1. The second-order valence-electron chi connectivity index (χ2n) is 3.49. The Kier molecular flexibility index (Phi) is 3.34. The summed E-state index contributed by atoms with van der Waals surface area (Å²) in [5, 5.41) is 8.29. The number of sulfonamides is 1. The van der Waals surface area contributed by atoms with Crippen LogP contribution in [-0.4, -0.2) is 30.3 Å². The second kappa shape index (κ2) is 4.22. The van der Waals surface area contributed by atoms with Gasteiger partial charge in [-0.2, -0.15) is 5.10 Å². The van der Waals surface area contributed by atoms with E-state index >= 15 is 0 Å². The number of primary sulfonamides is 1. The van der Waals surface area contributed by atoms with Crippen molar-refractivity contribution in [1.29, 1.82) is 0 Å². The predicted octanol–water partition coefficient (Wildman–Crippen LogP) is -0.367. The monoisotopic (exact) mass is 247 g/mol. The lowest BCUT2D eigenvalue weighted by Gasteiger charge is -2.07. The summed E-state index contributed by atoms with van der Waals surface area (Å²) >= 11 is 0. The lowest BCUT2D eigenvalue weighted by Crippen LogP contribution is -2.21. The number of carbonyl (C=O) groups excluding carboxylic acids is 1. The summed E-state index contributed by atoms with van der Waals surface area (Å²) in [4.78, 5) is 11.5. The van der Waals surface area contributed by atoms with Gasteiger partial charge in [-0.3, -0.25) is 4.68 Å². The molecule has 0 fully saturated rings. The number of hydrogen-bond acceptors (Lipinski definition) is 5. The van der Waals surface area contributed by atoms with Crippen molar-refractivity contribution in [3.63, 3.8) is 0 Å². The van der Waals surface area contributed by atoms with Crippen LogP contribution in [-0.2, 0) is 21.8 Å². The smallest absolute Gasteiger partial charge is 0.343 e. The molecule has 1 aromatic heterocycles. The van der Waals surface area contributed by atoms with Gasteiger partial charge < -0.3 is 4.74 Å². The summed E-state index contributed by atoms with van der Waals surface area (Å²) in [6.07, 6.45) is 0.769. The van der Waals surface area contributed by atoms with Gasteiger partial charge >= 0.3 is 5.97 Å². The van der Waals surface area contributed by atoms with E-state index in [-0.39, 0.29) is 16.7 Å². The molecule has 0 saturated carbocycles. The Labute approximate surface area is 93.2 Å². The van der Waals surface area contributed by atoms with Crippen LogP contribution in [0.4, 0.5) is 0 Å². The SMILES string of the molecule is CC(C)OC(=O)c1cnn(C)c1S(N)(=O)=O. The van der Waals surface area contributed by atoms with E-state index < -0.39 is 16.0 Å². The van der Waals surface area contributed by atoms with Crippen LogP contribution in [0.2, 0.25) is 0 Å². The summed E-state index contributed by atoms with van der Waals surface area (Å²) in [6.45, 7) is 3.32. The molecule has 0 radical (unpaired) electrons. The Balaban J connectivity index is 3.22. The zero-order valence-corrected chi connectivity index (χ0v) is 9.98. The van der Waals surface area contributed by atoms with Gasteiger partial charge in [0.15, 0.2) is 5.03 Å². The maximum absolute atomic E-state index is 11.5. The maximum Gasteiger partial charge on any atom is 0.343 e. The number of rotatable bonds is 3. The topological polar surface area (TPSA) is 104 Å². The Morgan fingerprint density at radius 1 is 1.56 bits per heavy atom. The van der Waals surface area contributed by atoms with Gasteiger partial charge in [-0.25, -0.2) is 18.4 Å². The zero-order valence-electron chi connectivity index (χ0n) is 9.17. The van der Waals surface area contributed by atoms with Gasteiger partial charge in [-0.05, 0) is 13.8 Å². The number of carbonyl (C=O) groups is 1. The van der Waals surface area contributed by atoms with E-state index in [2.05, 4.69) is 5.10 Å². The van der Waals surface area contributed by atoms with E-state index in [0.717, 1.165) is 10.9 Å². The third-order valence-corrected chi connectivity index (χ3v) is 2.74. The molecule has 16 heavy (non-hydrogen) atoms. The van der Waals surface area contributed by atoms with Crippen LogP contribution in [0.5, 0.6) is 0 Å². The van der Waals surface area contributed by atoms with Crippen molar-refractivity contribution in [3.8, 4) is 0 Å². The molecule has 0 amide bonds. The molecule has 0 bridgehead atoms. The highest BCUT2D eigenvalue weighted by Crippen LogP contribution is 2.14. The molecule has 0 spiro atoms. The molecule has 0 aromatic carbocycles. The molecule has 0 aliphatic rings. The average molecular weight is 247 g/mol. The Bertz CT molecular complexity index is 503. The molecule has 8 heteroatoms. The van der Waals surface area contributed by atoms with Crippen molar-refractivity contribution in [2.45, 2.75) is 25.0 Å². The fraction of sp³-hybridized carbons (Fsp3) is 0.500. The minimum absolute atomic E-state index is 0.154. The van der Waals surface area contributed by atoms with Gasteiger partial charge in [0.25, 0.3) is 10.0 Å². The van der Waals surface area contributed by atoms with Gasteiger partial charge in [0.2, 0.25) is 0 Å². The third kappa shape index (κ3) is 2.58. The molecular weight excluding hydrogens is 234 g/mol. The zero-order chi connectivity index (χ0) is 12.5. The molecule has 1 heterocycles. The van der Waals surface area contributed by atoms with Crippen LogP contribution < -0.4 is 5.14 Å². The lowest BCUT2D eigenvalue weighted by atomic mass is 10.3. The normalized spacial score (nSPS) is 11.8. The second-order valence-corrected chi connectivity index (χ2v) is 4.96. The molecule has 1 rings (SSSR count). The summed E-state index contributed by atoms with van der Waals surface area (Å²) < 4.78 is 28.4. The maximum atomic E-state index is 11.5. The van der Waals surface area contributed by atoms with Crippen LogP contribution >= 0.6 is 0 Å². The van der Waals surface area contributed by atoms with Gasteiger partial charge in [0.05, 0.1) is 12.3 Å².